The summed E-state index contributed by atoms with van der Waals surface area (Å²) in [5, 5.41) is 3.15. The Labute approximate surface area is 126 Å². The first-order valence-electron chi connectivity index (χ1n) is 6.67. The number of pyridine rings is 1. The van der Waals surface area contributed by atoms with Gasteiger partial charge in [-0.25, -0.2) is 9.37 Å². The van der Waals surface area contributed by atoms with Gasteiger partial charge in [0.15, 0.2) is 5.13 Å². The Morgan fingerprint density at radius 3 is 2.52 bits per heavy atom. The third-order valence-corrected chi connectivity index (χ3v) is 4.01. The van der Waals surface area contributed by atoms with E-state index in [0.29, 0.717) is 5.13 Å². The molecule has 0 amide bonds. The lowest BCUT2D eigenvalue weighted by Crippen LogP contribution is -2.13. The zero-order chi connectivity index (χ0) is 15.2. The molecule has 108 valence electrons. The monoisotopic (exact) mass is 301 g/mol. The van der Waals surface area contributed by atoms with Crippen molar-refractivity contribution in [2.24, 2.45) is 0 Å². The smallest absolute Gasteiger partial charge is 0.180 e. The van der Waals surface area contributed by atoms with Crippen LogP contribution in [-0.2, 0) is 5.41 Å². The summed E-state index contributed by atoms with van der Waals surface area (Å²) in [6, 6.07) is 6.62. The quantitative estimate of drug-likeness (QED) is 0.726. The number of fused-ring (bicyclic) bond motifs is 1. The van der Waals surface area contributed by atoms with Gasteiger partial charge in [-0.1, -0.05) is 20.8 Å². The number of hydrogen-bond donors (Lipinski definition) is 1. The van der Waals surface area contributed by atoms with E-state index in [-0.39, 0.29) is 11.2 Å². The number of halogens is 1. The molecule has 3 aromatic rings. The molecule has 0 aliphatic carbocycles. The van der Waals surface area contributed by atoms with E-state index in [1.807, 2.05) is 11.4 Å². The van der Waals surface area contributed by atoms with E-state index in [0.717, 1.165) is 27.9 Å². The fraction of sp³-hybridized carbons (Fsp3) is 0.250. The lowest BCUT2D eigenvalue weighted by Gasteiger charge is -2.19. The topological polar surface area (TPSA) is 51.8 Å². The summed E-state index contributed by atoms with van der Waals surface area (Å²) in [5.74, 6) is -0.280. The summed E-state index contributed by atoms with van der Waals surface area (Å²) in [5.41, 5.74) is 8.99. The minimum atomic E-state index is -0.280. The summed E-state index contributed by atoms with van der Waals surface area (Å²) in [6.07, 6.45) is 0. The molecule has 3 nitrogen and oxygen atoms in total. The molecule has 0 bridgehead atoms. The van der Waals surface area contributed by atoms with Gasteiger partial charge in [0.05, 0.1) is 11.2 Å². The average molecular weight is 301 g/mol. The van der Waals surface area contributed by atoms with E-state index in [1.54, 1.807) is 6.07 Å². The van der Waals surface area contributed by atoms with Gasteiger partial charge in [-0.05, 0) is 24.3 Å². The van der Waals surface area contributed by atoms with Gasteiger partial charge in [-0.2, -0.15) is 0 Å². The van der Waals surface area contributed by atoms with Gasteiger partial charge >= 0.3 is 0 Å². The van der Waals surface area contributed by atoms with Gasteiger partial charge in [0.1, 0.15) is 5.82 Å². The third kappa shape index (κ3) is 2.61. The van der Waals surface area contributed by atoms with Crippen molar-refractivity contribution in [2.75, 3.05) is 5.73 Å². The van der Waals surface area contributed by atoms with Crippen LogP contribution in [0.3, 0.4) is 0 Å². The van der Waals surface area contributed by atoms with Gasteiger partial charge in [0.2, 0.25) is 0 Å². The van der Waals surface area contributed by atoms with Crippen LogP contribution in [0.25, 0.3) is 22.2 Å². The Bertz CT molecular complexity index is 818. The van der Waals surface area contributed by atoms with Gasteiger partial charge in [0, 0.05) is 27.4 Å². The predicted octanol–water partition coefficient (Wildman–Crippen LogP) is 4.38. The Kier molecular flexibility index (Phi) is 3.17. The van der Waals surface area contributed by atoms with E-state index < -0.39 is 0 Å². The van der Waals surface area contributed by atoms with Crippen LogP contribution < -0.4 is 5.73 Å². The first-order chi connectivity index (χ1) is 9.84. The van der Waals surface area contributed by atoms with Gasteiger partial charge in [-0.3, -0.25) is 4.98 Å². The van der Waals surface area contributed by atoms with Crippen molar-refractivity contribution in [2.45, 2.75) is 26.2 Å². The highest BCUT2D eigenvalue weighted by atomic mass is 32.1. The highest BCUT2D eigenvalue weighted by Gasteiger charge is 2.19. The summed E-state index contributed by atoms with van der Waals surface area (Å²) in [7, 11) is 0. The first kappa shape index (κ1) is 13.9. The molecule has 0 atom stereocenters. The number of nitrogens with zero attached hydrogens (tertiary/aromatic N) is 2. The predicted molar refractivity (Wildman–Crippen MR) is 85.9 cm³/mol. The van der Waals surface area contributed by atoms with E-state index in [1.165, 1.54) is 23.5 Å². The van der Waals surface area contributed by atoms with E-state index in [9.17, 15) is 4.39 Å². The molecule has 0 saturated carbocycles. The molecule has 0 radical (unpaired) electrons. The second kappa shape index (κ2) is 4.77. The zero-order valence-electron chi connectivity index (χ0n) is 12.1. The largest absolute Gasteiger partial charge is 0.375 e. The normalized spacial score (nSPS) is 12.0. The number of benzene rings is 1. The summed E-state index contributed by atoms with van der Waals surface area (Å²) >= 11 is 1.38. The van der Waals surface area contributed by atoms with Crippen molar-refractivity contribution in [1.82, 2.24) is 9.97 Å². The van der Waals surface area contributed by atoms with Crippen LogP contribution in [0.5, 0.6) is 0 Å². The second-order valence-electron chi connectivity index (χ2n) is 6.04. The number of hydrogen-bond acceptors (Lipinski definition) is 4. The Hall–Kier alpha value is -2.01. The minimum absolute atomic E-state index is 0.0983. The Morgan fingerprint density at radius 1 is 1.14 bits per heavy atom. The Balaban J connectivity index is 2.36. The maximum atomic E-state index is 13.6. The lowest BCUT2D eigenvalue weighted by atomic mass is 9.89. The van der Waals surface area contributed by atoms with Crippen molar-refractivity contribution in [3.8, 4) is 11.3 Å². The second-order valence-corrected chi connectivity index (χ2v) is 6.93. The van der Waals surface area contributed by atoms with Crippen LogP contribution >= 0.6 is 11.3 Å². The molecule has 0 fully saturated rings. The number of rotatable bonds is 1. The molecule has 0 unspecified atom stereocenters. The summed E-state index contributed by atoms with van der Waals surface area (Å²) in [6.45, 7) is 6.30. The molecule has 0 aliphatic rings. The van der Waals surface area contributed by atoms with Crippen molar-refractivity contribution in [3.63, 3.8) is 0 Å². The molecule has 2 heterocycles. The molecule has 5 heteroatoms. The fourth-order valence-electron chi connectivity index (χ4n) is 2.21. The number of nitrogen functional groups attached to an aromatic ring is 1. The molecule has 1 aromatic carbocycles. The lowest BCUT2D eigenvalue weighted by molar-refractivity contribution is 0.571. The van der Waals surface area contributed by atoms with Crippen molar-refractivity contribution in [3.05, 3.63) is 41.2 Å². The Morgan fingerprint density at radius 2 is 1.90 bits per heavy atom. The van der Waals surface area contributed by atoms with Crippen molar-refractivity contribution >= 4 is 27.4 Å². The third-order valence-electron chi connectivity index (χ3n) is 3.34. The molecular formula is C16H16FN3S. The maximum Gasteiger partial charge on any atom is 0.180 e. The van der Waals surface area contributed by atoms with E-state index in [4.69, 9.17) is 5.73 Å². The maximum absolute atomic E-state index is 13.6. The molecule has 3 rings (SSSR count). The molecule has 0 aliphatic heterocycles. The molecule has 0 saturated heterocycles. The number of thiazole rings is 1. The number of aromatic nitrogens is 2. The van der Waals surface area contributed by atoms with Crippen LogP contribution in [0.15, 0.2) is 29.6 Å². The zero-order valence-corrected chi connectivity index (χ0v) is 13.0. The highest BCUT2D eigenvalue weighted by molar-refractivity contribution is 7.13. The summed E-state index contributed by atoms with van der Waals surface area (Å²) < 4.78 is 13.6. The number of nitrogens with two attached hydrogens (primary N) is 1. The highest BCUT2D eigenvalue weighted by Crippen LogP contribution is 2.33. The van der Waals surface area contributed by atoms with Crippen molar-refractivity contribution < 1.29 is 4.39 Å². The molecule has 2 N–H and O–H groups in total. The van der Waals surface area contributed by atoms with Crippen LogP contribution in [0.1, 0.15) is 26.5 Å². The van der Waals surface area contributed by atoms with Crippen LogP contribution in [0.4, 0.5) is 9.52 Å². The van der Waals surface area contributed by atoms with E-state index >= 15 is 0 Å². The standard InChI is InChI=1S/C16H16FN3S/c1-16(2,3)14-7-11(13-8-21-15(18)20-13)10-6-9(17)4-5-12(10)19-14/h4-8H,1-3H3,(H2,18,20). The number of anilines is 1. The van der Waals surface area contributed by atoms with Gasteiger partial charge in [0.25, 0.3) is 0 Å². The SMILES string of the molecule is CC(C)(C)c1cc(-c2csc(N)n2)c2cc(F)ccc2n1. The van der Waals surface area contributed by atoms with Crippen LogP contribution in [0, 0.1) is 5.82 Å². The molecule has 21 heavy (non-hydrogen) atoms. The minimum Gasteiger partial charge on any atom is -0.375 e. The fourth-order valence-corrected chi connectivity index (χ4v) is 2.77. The first-order valence-corrected chi connectivity index (χ1v) is 7.55. The molecule has 0 spiro atoms. The molecule has 2 aromatic heterocycles. The van der Waals surface area contributed by atoms with Crippen molar-refractivity contribution in [1.29, 1.82) is 0 Å². The van der Waals surface area contributed by atoms with Crippen LogP contribution in [0.2, 0.25) is 0 Å². The van der Waals surface area contributed by atoms with Gasteiger partial charge in [-0.15, -0.1) is 11.3 Å². The van der Waals surface area contributed by atoms with Crippen LogP contribution in [-0.4, -0.2) is 9.97 Å². The summed E-state index contributed by atoms with van der Waals surface area (Å²) in [4.78, 5) is 8.99. The average Bonchev–Trinajstić information content (AvgIpc) is 2.83. The van der Waals surface area contributed by atoms with E-state index in [2.05, 4.69) is 30.7 Å². The van der Waals surface area contributed by atoms with Gasteiger partial charge < -0.3 is 5.73 Å². The molecular weight excluding hydrogens is 285 g/mol.